The highest BCUT2D eigenvalue weighted by molar-refractivity contribution is 7.93. The van der Waals surface area contributed by atoms with Crippen molar-refractivity contribution in [3.63, 3.8) is 0 Å². The maximum Gasteiger partial charge on any atom is 0.243 e. The summed E-state index contributed by atoms with van der Waals surface area (Å²) in [5.74, 6) is 1.28. The van der Waals surface area contributed by atoms with Crippen LogP contribution < -0.4 is 14.2 Å². The maximum atomic E-state index is 13.4. The minimum absolute atomic E-state index is 0.0192. The summed E-state index contributed by atoms with van der Waals surface area (Å²) in [6, 6.07) is 5.30. The molecule has 4 rings (SSSR count). The SMILES string of the molecule is COc1cccc(OC)c1-n1c(NS(=O)(=O)[C@@H](C)[C@H](C)c2ncc(Cl)cn2)nnc1[C@H]1CCOC1. The van der Waals surface area contributed by atoms with Gasteiger partial charge in [0.1, 0.15) is 28.8 Å². The van der Waals surface area contributed by atoms with Crippen molar-refractivity contribution in [2.24, 2.45) is 0 Å². The Kier molecular flexibility index (Phi) is 7.43. The fourth-order valence-electron chi connectivity index (χ4n) is 3.89. The second kappa shape index (κ2) is 10.3. The van der Waals surface area contributed by atoms with Crippen molar-refractivity contribution in [1.82, 2.24) is 24.7 Å². The van der Waals surface area contributed by atoms with E-state index in [9.17, 15) is 8.42 Å². The van der Waals surface area contributed by atoms with E-state index in [1.54, 1.807) is 36.6 Å². The van der Waals surface area contributed by atoms with E-state index >= 15 is 0 Å². The molecule has 3 aromatic rings. The van der Waals surface area contributed by atoms with Gasteiger partial charge in [0.05, 0.1) is 31.1 Å². The van der Waals surface area contributed by atoms with Gasteiger partial charge in [0, 0.05) is 30.8 Å². The summed E-state index contributed by atoms with van der Waals surface area (Å²) in [7, 11) is -0.893. The predicted octanol–water partition coefficient (Wildman–Crippen LogP) is 3.17. The third-order valence-corrected chi connectivity index (χ3v) is 8.13. The van der Waals surface area contributed by atoms with Gasteiger partial charge in [0.2, 0.25) is 16.0 Å². The van der Waals surface area contributed by atoms with E-state index in [1.807, 2.05) is 0 Å². The zero-order valence-electron chi connectivity index (χ0n) is 19.8. The van der Waals surface area contributed by atoms with Crippen LogP contribution in [-0.4, -0.2) is 65.8 Å². The van der Waals surface area contributed by atoms with Gasteiger partial charge in [-0.05, 0) is 25.5 Å². The molecular weight excluding hydrogens is 496 g/mol. The smallest absolute Gasteiger partial charge is 0.243 e. The highest BCUT2D eigenvalue weighted by Gasteiger charge is 2.34. The van der Waals surface area contributed by atoms with Gasteiger partial charge in [-0.25, -0.2) is 18.4 Å². The standard InChI is InChI=1S/C22H27ClN6O5S/c1-13(20-24-10-16(23)11-25-20)14(2)35(30,31)28-22-27-26-21(15-8-9-34-12-15)29(22)19-17(32-3)6-5-7-18(19)33-4/h5-7,10-11,13-15H,8-9,12H2,1-4H3,(H,27,28)/t13-,14-,15-/m0/s1. The summed E-state index contributed by atoms with van der Waals surface area (Å²) in [5, 5.41) is 8.02. The topological polar surface area (TPSA) is 130 Å². The van der Waals surface area contributed by atoms with E-state index < -0.39 is 21.2 Å². The molecule has 1 aliphatic rings. The van der Waals surface area contributed by atoms with Crippen molar-refractivity contribution >= 4 is 27.6 Å². The number of anilines is 1. The number of benzene rings is 1. The third kappa shape index (κ3) is 5.04. The van der Waals surface area contributed by atoms with E-state index in [0.29, 0.717) is 47.1 Å². The van der Waals surface area contributed by atoms with Crippen molar-refractivity contribution in [3.05, 3.63) is 47.3 Å². The first kappa shape index (κ1) is 25.1. The van der Waals surface area contributed by atoms with Crippen LogP contribution in [0.1, 0.15) is 43.8 Å². The molecule has 0 bridgehead atoms. The quantitative estimate of drug-likeness (QED) is 0.450. The number of nitrogens with one attached hydrogen (secondary N) is 1. The minimum atomic E-state index is -3.95. The number of hydrogen-bond donors (Lipinski definition) is 1. The number of aromatic nitrogens is 5. The fraction of sp³-hybridized carbons (Fsp3) is 0.455. The molecule has 0 radical (unpaired) electrons. The van der Waals surface area contributed by atoms with E-state index in [-0.39, 0.29) is 11.9 Å². The van der Waals surface area contributed by atoms with Gasteiger partial charge in [-0.15, -0.1) is 10.2 Å². The number of ether oxygens (including phenoxy) is 3. The molecule has 0 amide bonds. The molecule has 0 saturated carbocycles. The molecule has 0 spiro atoms. The van der Waals surface area contributed by atoms with Crippen LogP contribution in [0.5, 0.6) is 11.5 Å². The monoisotopic (exact) mass is 522 g/mol. The van der Waals surface area contributed by atoms with E-state index in [2.05, 4.69) is 24.9 Å². The number of methoxy groups -OCH3 is 2. The Morgan fingerprint density at radius 2 is 1.80 bits per heavy atom. The van der Waals surface area contributed by atoms with Crippen molar-refractivity contribution in [3.8, 4) is 17.2 Å². The molecule has 0 aliphatic carbocycles. The second-order valence-corrected chi connectivity index (χ2v) is 10.7. The summed E-state index contributed by atoms with van der Waals surface area (Å²) >= 11 is 5.87. The average Bonchev–Trinajstić information content (AvgIpc) is 3.52. The molecule has 2 aromatic heterocycles. The Labute approximate surface area is 208 Å². The average molecular weight is 523 g/mol. The molecule has 3 heterocycles. The molecule has 0 unspecified atom stereocenters. The maximum absolute atomic E-state index is 13.4. The number of sulfonamides is 1. The molecule has 3 atom stereocenters. The molecule has 1 N–H and O–H groups in total. The van der Waals surface area contributed by atoms with Crippen molar-refractivity contribution in [1.29, 1.82) is 0 Å². The van der Waals surface area contributed by atoms with E-state index in [4.69, 9.17) is 25.8 Å². The summed E-state index contributed by atoms with van der Waals surface area (Å²) < 4.78 is 47.8. The summed E-state index contributed by atoms with van der Waals surface area (Å²) in [4.78, 5) is 8.34. The Morgan fingerprint density at radius 3 is 2.37 bits per heavy atom. The van der Waals surface area contributed by atoms with Gasteiger partial charge in [0.15, 0.2) is 0 Å². The lowest BCUT2D eigenvalue weighted by molar-refractivity contribution is 0.193. The third-order valence-electron chi connectivity index (χ3n) is 6.08. The van der Waals surface area contributed by atoms with E-state index in [0.717, 1.165) is 6.42 Å². The molecule has 35 heavy (non-hydrogen) atoms. The lowest BCUT2D eigenvalue weighted by Gasteiger charge is -2.22. The van der Waals surface area contributed by atoms with Gasteiger partial charge in [-0.2, -0.15) is 0 Å². The first-order valence-electron chi connectivity index (χ1n) is 11.0. The number of para-hydroxylation sites is 1. The highest BCUT2D eigenvalue weighted by atomic mass is 35.5. The fourth-order valence-corrected chi connectivity index (χ4v) is 5.22. The van der Waals surface area contributed by atoms with Crippen LogP contribution in [0.2, 0.25) is 5.02 Å². The molecule has 11 nitrogen and oxygen atoms in total. The lowest BCUT2D eigenvalue weighted by Crippen LogP contribution is -2.31. The van der Waals surface area contributed by atoms with Crippen LogP contribution in [0.25, 0.3) is 5.69 Å². The largest absolute Gasteiger partial charge is 0.494 e. The zero-order valence-corrected chi connectivity index (χ0v) is 21.4. The van der Waals surface area contributed by atoms with Crippen LogP contribution in [0.15, 0.2) is 30.6 Å². The van der Waals surface area contributed by atoms with Gasteiger partial charge in [0.25, 0.3) is 0 Å². The van der Waals surface area contributed by atoms with Crippen molar-refractivity contribution in [2.45, 2.75) is 37.4 Å². The molecule has 188 valence electrons. The minimum Gasteiger partial charge on any atom is -0.494 e. The van der Waals surface area contributed by atoms with Gasteiger partial charge >= 0.3 is 0 Å². The molecule has 1 aliphatic heterocycles. The van der Waals surface area contributed by atoms with Crippen LogP contribution in [0.3, 0.4) is 0 Å². The predicted molar refractivity (Wildman–Crippen MR) is 130 cm³/mol. The van der Waals surface area contributed by atoms with Crippen LogP contribution >= 0.6 is 11.6 Å². The summed E-state index contributed by atoms with van der Waals surface area (Å²) in [6.07, 6.45) is 3.60. The molecule has 1 saturated heterocycles. The Balaban J connectivity index is 1.76. The van der Waals surface area contributed by atoms with Crippen molar-refractivity contribution in [2.75, 3.05) is 32.2 Å². The normalized spacial score (nSPS) is 17.7. The van der Waals surface area contributed by atoms with Crippen LogP contribution in [0, 0.1) is 0 Å². The molecule has 1 aromatic carbocycles. The first-order chi connectivity index (χ1) is 16.8. The van der Waals surface area contributed by atoms with Crippen LogP contribution in [0.4, 0.5) is 5.95 Å². The summed E-state index contributed by atoms with van der Waals surface area (Å²) in [6.45, 7) is 4.35. The number of rotatable bonds is 9. The lowest BCUT2D eigenvalue weighted by atomic mass is 10.1. The molecule has 1 fully saturated rings. The second-order valence-electron chi connectivity index (χ2n) is 8.19. The Bertz CT molecular complexity index is 1260. The number of halogens is 1. The Morgan fingerprint density at radius 1 is 1.14 bits per heavy atom. The van der Waals surface area contributed by atoms with Gasteiger partial charge < -0.3 is 14.2 Å². The Hall–Kier alpha value is -2.96. The molecular formula is C22H27ClN6O5S. The van der Waals surface area contributed by atoms with E-state index in [1.165, 1.54) is 26.6 Å². The van der Waals surface area contributed by atoms with Crippen LogP contribution in [-0.2, 0) is 14.8 Å². The number of nitrogens with zero attached hydrogens (tertiary/aromatic N) is 5. The first-order valence-corrected chi connectivity index (χ1v) is 12.9. The van der Waals surface area contributed by atoms with Crippen molar-refractivity contribution < 1.29 is 22.6 Å². The highest BCUT2D eigenvalue weighted by Crippen LogP contribution is 2.38. The zero-order chi connectivity index (χ0) is 25.2. The summed E-state index contributed by atoms with van der Waals surface area (Å²) in [5.41, 5.74) is 0.490. The number of hydrogen-bond acceptors (Lipinski definition) is 9. The van der Waals surface area contributed by atoms with Gasteiger partial charge in [-0.3, -0.25) is 9.29 Å². The van der Waals surface area contributed by atoms with Gasteiger partial charge in [-0.1, -0.05) is 24.6 Å². The molecule has 13 heteroatoms.